The Morgan fingerprint density at radius 2 is 1.64 bits per heavy atom. The first kappa shape index (κ1) is 15.8. The summed E-state index contributed by atoms with van der Waals surface area (Å²) in [5.41, 5.74) is 6.88. The molecule has 1 nitrogen and oxygen atoms in total. The molecule has 0 heterocycles. The van der Waals surface area contributed by atoms with Crippen LogP contribution in [-0.2, 0) is 0 Å². The van der Waals surface area contributed by atoms with Crippen LogP contribution < -0.4 is 5.32 Å². The fourth-order valence-corrected chi connectivity index (χ4v) is 2.57. The maximum atomic E-state index is 4.24. The summed E-state index contributed by atoms with van der Waals surface area (Å²) >= 11 is 0. The van der Waals surface area contributed by atoms with Crippen molar-refractivity contribution in [2.75, 3.05) is 7.05 Å². The number of likely N-dealkylation sites (N-methyl/N-ethyl adjacent to an activating group) is 1. The topological polar surface area (TPSA) is 12.0 Å². The molecule has 22 heavy (non-hydrogen) atoms. The minimum absolute atomic E-state index is 1.01. The minimum atomic E-state index is 1.01. The van der Waals surface area contributed by atoms with E-state index in [1.807, 2.05) is 19.2 Å². The van der Waals surface area contributed by atoms with E-state index in [0.717, 1.165) is 11.3 Å². The first-order valence-corrected chi connectivity index (χ1v) is 7.53. The zero-order chi connectivity index (χ0) is 15.9. The highest BCUT2D eigenvalue weighted by Crippen LogP contribution is 2.25. The largest absolute Gasteiger partial charge is 0.388 e. The van der Waals surface area contributed by atoms with Gasteiger partial charge in [-0.15, -0.1) is 0 Å². The Morgan fingerprint density at radius 3 is 2.23 bits per heavy atom. The average Bonchev–Trinajstić information content (AvgIpc) is 2.55. The van der Waals surface area contributed by atoms with Crippen LogP contribution >= 0.6 is 0 Å². The van der Waals surface area contributed by atoms with Gasteiger partial charge in [0.05, 0.1) is 0 Å². The molecular weight excluding hydrogens is 266 g/mol. The molecule has 0 saturated heterocycles. The predicted molar refractivity (Wildman–Crippen MR) is 97.4 cm³/mol. The fourth-order valence-electron chi connectivity index (χ4n) is 2.57. The molecule has 0 aliphatic carbocycles. The van der Waals surface area contributed by atoms with E-state index < -0.39 is 0 Å². The lowest BCUT2D eigenvalue weighted by Gasteiger charge is -2.14. The van der Waals surface area contributed by atoms with Crippen LogP contribution in [0, 0.1) is 6.92 Å². The van der Waals surface area contributed by atoms with E-state index in [1.54, 1.807) is 0 Å². The van der Waals surface area contributed by atoms with Gasteiger partial charge in [0, 0.05) is 18.3 Å². The van der Waals surface area contributed by atoms with Crippen molar-refractivity contribution < 1.29 is 0 Å². The van der Waals surface area contributed by atoms with Gasteiger partial charge in [-0.2, -0.15) is 0 Å². The summed E-state index contributed by atoms with van der Waals surface area (Å²) in [5.74, 6) is 0. The first-order valence-electron chi connectivity index (χ1n) is 7.53. The third-order valence-corrected chi connectivity index (χ3v) is 3.74. The Morgan fingerprint density at radius 1 is 1.00 bits per heavy atom. The molecule has 0 atom stereocenters. The Kier molecular flexibility index (Phi) is 5.37. The molecule has 1 N–H and O–H groups in total. The Bertz CT molecular complexity index is 706. The third kappa shape index (κ3) is 3.56. The van der Waals surface area contributed by atoms with Crippen molar-refractivity contribution in [1.29, 1.82) is 0 Å². The molecule has 2 aromatic rings. The quantitative estimate of drug-likeness (QED) is 0.745. The predicted octanol–water partition coefficient (Wildman–Crippen LogP) is 5.22. The maximum Gasteiger partial charge on any atom is 0.0419 e. The molecule has 0 aliphatic heterocycles. The van der Waals surface area contributed by atoms with Gasteiger partial charge < -0.3 is 5.32 Å². The average molecular weight is 289 g/mol. The van der Waals surface area contributed by atoms with Crippen molar-refractivity contribution in [1.82, 2.24) is 5.32 Å². The third-order valence-electron chi connectivity index (χ3n) is 3.74. The Balaban J connectivity index is 2.39. The molecule has 2 aromatic carbocycles. The molecule has 0 bridgehead atoms. The van der Waals surface area contributed by atoms with Gasteiger partial charge in [0.15, 0.2) is 0 Å². The summed E-state index contributed by atoms with van der Waals surface area (Å²) in [6, 6.07) is 18.7. The van der Waals surface area contributed by atoms with Crippen LogP contribution in [0.15, 0.2) is 79.0 Å². The summed E-state index contributed by atoms with van der Waals surface area (Å²) in [5, 5.41) is 3.30. The van der Waals surface area contributed by atoms with Crippen LogP contribution in [-0.4, -0.2) is 7.05 Å². The van der Waals surface area contributed by atoms with E-state index in [2.05, 4.69) is 80.4 Å². The molecule has 0 saturated carbocycles. The van der Waals surface area contributed by atoms with E-state index in [-0.39, 0.29) is 0 Å². The Labute approximate surface area is 133 Å². The lowest BCUT2D eigenvalue weighted by Crippen LogP contribution is -2.08. The smallest absolute Gasteiger partial charge is 0.0419 e. The van der Waals surface area contributed by atoms with Crippen LogP contribution in [0.2, 0.25) is 0 Å². The first-order chi connectivity index (χ1) is 10.7. The summed E-state index contributed by atoms with van der Waals surface area (Å²) < 4.78 is 0. The zero-order valence-electron chi connectivity index (χ0n) is 13.6. The SMILES string of the molecule is C=C(/C=C(NC)\C(=C/C)c1ccccc1)c1ccccc1C. The summed E-state index contributed by atoms with van der Waals surface area (Å²) in [7, 11) is 1.95. The molecule has 1 heteroatoms. The molecule has 0 aliphatic rings. The van der Waals surface area contributed by atoms with Crippen molar-refractivity contribution in [2.24, 2.45) is 0 Å². The second-order valence-electron chi connectivity index (χ2n) is 5.22. The number of hydrogen-bond donors (Lipinski definition) is 1. The highest BCUT2D eigenvalue weighted by Gasteiger charge is 2.07. The van der Waals surface area contributed by atoms with Crippen molar-refractivity contribution in [2.45, 2.75) is 13.8 Å². The van der Waals surface area contributed by atoms with Crippen LogP contribution in [0.25, 0.3) is 11.1 Å². The van der Waals surface area contributed by atoms with Gasteiger partial charge in [0.25, 0.3) is 0 Å². The van der Waals surface area contributed by atoms with Crippen LogP contribution in [0.5, 0.6) is 0 Å². The minimum Gasteiger partial charge on any atom is -0.388 e. The van der Waals surface area contributed by atoms with Gasteiger partial charge in [-0.25, -0.2) is 0 Å². The number of nitrogens with one attached hydrogen (secondary N) is 1. The van der Waals surface area contributed by atoms with Crippen molar-refractivity contribution in [3.05, 3.63) is 95.7 Å². The van der Waals surface area contributed by atoms with Gasteiger partial charge in [-0.1, -0.05) is 67.3 Å². The molecule has 0 aromatic heterocycles. The highest BCUT2D eigenvalue weighted by molar-refractivity contribution is 5.84. The molecule has 0 amide bonds. The van der Waals surface area contributed by atoms with E-state index in [1.165, 1.54) is 22.3 Å². The number of allylic oxidation sites excluding steroid dienone is 4. The lowest BCUT2D eigenvalue weighted by atomic mass is 9.97. The molecule has 112 valence electrons. The van der Waals surface area contributed by atoms with E-state index in [0.29, 0.717) is 0 Å². The second-order valence-corrected chi connectivity index (χ2v) is 5.22. The molecule has 0 radical (unpaired) electrons. The zero-order valence-corrected chi connectivity index (χ0v) is 13.6. The fraction of sp³-hybridized carbons (Fsp3) is 0.143. The van der Waals surface area contributed by atoms with Gasteiger partial charge in [0.2, 0.25) is 0 Å². The van der Waals surface area contributed by atoms with E-state index >= 15 is 0 Å². The van der Waals surface area contributed by atoms with Gasteiger partial charge in [-0.3, -0.25) is 0 Å². The lowest BCUT2D eigenvalue weighted by molar-refractivity contribution is 1.04. The van der Waals surface area contributed by atoms with Gasteiger partial charge in [-0.05, 0) is 42.2 Å². The second kappa shape index (κ2) is 7.46. The van der Waals surface area contributed by atoms with Crippen molar-refractivity contribution in [3.63, 3.8) is 0 Å². The van der Waals surface area contributed by atoms with Crippen molar-refractivity contribution >= 4 is 11.1 Å². The number of rotatable bonds is 5. The maximum absolute atomic E-state index is 4.24. The summed E-state index contributed by atoms with van der Waals surface area (Å²) in [6.45, 7) is 8.41. The van der Waals surface area contributed by atoms with Crippen LogP contribution in [0.3, 0.4) is 0 Å². The molecule has 0 spiro atoms. The molecule has 0 unspecified atom stereocenters. The van der Waals surface area contributed by atoms with E-state index in [9.17, 15) is 0 Å². The van der Waals surface area contributed by atoms with E-state index in [4.69, 9.17) is 0 Å². The van der Waals surface area contributed by atoms with Gasteiger partial charge in [0.1, 0.15) is 0 Å². The standard InChI is InChI=1S/C21H23N/c1-5-19(18-12-7-6-8-13-18)21(22-4)15-17(3)20-14-10-9-11-16(20)2/h5-15,22H,3H2,1-2,4H3/b19-5-,21-15+. The Hall–Kier alpha value is -2.54. The number of hydrogen-bond acceptors (Lipinski definition) is 1. The van der Waals surface area contributed by atoms with Gasteiger partial charge >= 0.3 is 0 Å². The molecular formula is C21H23N. The number of benzene rings is 2. The van der Waals surface area contributed by atoms with Crippen LogP contribution in [0.1, 0.15) is 23.6 Å². The monoisotopic (exact) mass is 289 g/mol. The summed E-state index contributed by atoms with van der Waals surface area (Å²) in [6.07, 6.45) is 4.24. The molecule has 2 rings (SSSR count). The van der Waals surface area contributed by atoms with Crippen LogP contribution in [0.4, 0.5) is 0 Å². The summed E-state index contributed by atoms with van der Waals surface area (Å²) in [4.78, 5) is 0. The highest BCUT2D eigenvalue weighted by atomic mass is 14.8. The molecule has 0 fully saturated rings. The van der Waals surface area contributed by atoms with Crippen molar-refractivity contribution in [3.8, 4) is 0 Å². The number of aryl methyl sites for hydroxylation is 1. The normalized spacial score (nSPS) is 12.1.